The van der Waals surface area contributed by atoms with Crippen LogP contribution in [-0.2, 0) is 0 Å². The number of rotatable bonds is 2. The van der Waals surface area contributed by atoms with Crippen molar-refractivity contribution in [1.82, 2.24) is 4.57 Å². The Morgan fingerprint density at radius 1 is 0.561 bits per heavy atom. The Morgan fingerprint density at radius 2 is 1.22 bits per heavy atom. The van der Waals surface area contributed by atoms with Gasteiger partial charge in [-0.05, 0) is 29.8 Å². The number of benzene rings is 6. The fourth-order valence-corrected chi connectivity index (χ4v) is 7.73. The normalized spacial score (nSPS) is 11.9. The van der Waals surface area contributed by atoms with E-state index < -0.39 is 0 Å². The lowest BCUT2D eigenvalue weighted by molar-refractivity contribution is 0.668. The molecule has 6 aromatic carbocycles. The maximum atomic E-state index is 7.95. The molecule has 9 aromatic rings. The second-order valence-corrected chi connectivity index (χ2v) is 11.4. The summed E-state index contributed by atoms with van der Waals surface area (Å²) in [6.07, 6.45) is 0. The van der Waals surface area contributed by atoms with Gasteiger partial charge in [0.05, 0.1) is 23.3 Å². The summed E-state index contributed by atoms with van der Waals surface area (Å²) in [5.74, 6) is 0. The lowest BCUT2D eigenvalue weighted by Gasteiger charge is -2.09. The number of furan rings is 1. The predicted octanol–water partition coefficient (Wildman–Crippen LogP) is 11.3. The van der Waals surface area contributed by atoms with Crippen LogP contribution in [0.25, 0.3) is 85.6 Å². The molecule has 0 fully saturated rings. The van der Waals surface area contributed by atoms with Crippen LogP contribution in [0.15, 0.2) is 126 Å². The number of nitrogens with zero attached hydrogens (tertiary/aromatic N) is 2. The summed E-state index contributed by atoms with van der Waals surface area (Å²) in [4.78, 5) is 3.87. The van der Waals surface area contributed by atoms with Gasteiger partial charge in [0, 0.05) is 47.3 Å². The summed E-state index contributed by atoms with van der Waals surface area (Å²) < 4.78 is 11.5. The fraction of sp³-hybridized carbons (Fsp3) is 0. The fourth-order valence-electron chi connectivity index (χ4n) is 6.50. The van der Waals surface area contributed by atoms with Crippen molar-refractivity contribution < 1.29 is 4.42 Å². The number of aromatic nitrogens is 1. The highest BCUT2D eigenvalue weighted by molar-refractivity contribution is 7.26. The van der Waals surface area contributed by atoms with Gasteiger partial charge in [-0.25, -0.2) is 4.85 Å². The number of hydrogen-bond donors (Lipinski definition) is 0. The summed E-state index contributed by atoms with van der Waals surface area (Å²) in [6.45, 7) is 7.95. The van der Waals surface area contributed by atoms with Crippen LogP contribution in [0, 0.1) is 6.57 Å². The molecule has 0 saturated carbocycles. The van der Waals surface area contributed by atoms with E-state index in [4.69, 9.17) is 11.0 Å². The number of hydrogen-bond acceptors (Lipinski definition) is 2. The Balaban J connectivity index is 1.42. The van der Waals surface area contributed by atoms with Crippen LogP contribution in [0.4, 0.5) is 5.69 Å². The van der Waals surface area contributed by atoms with Crippen molar-refractivity contribution in [3.05, 3.63) is 133 Å². The van der Waals surface area contributed by atoms with Gasteiger partial charge in [-0.15, -0.1) is 11.3 Å². The molecule has 0 amide bonds. The van der Waals surface area contributed by atoms with Crippen molar-refractivity contribution in [3.8, 4) is 16.8 Å². The molecule has 0 aliphatic heterocycles. The predicted molar refractivity (Wildman–Crippen MR) is 173 cm³/mol. The summed E-state index contributed by atoms with van der Waals surface area (Å²) in [7, 11) is 0. The van der Waals surface area contributed by atoms with Gasteiger partial charge in [0.2, 0.25) is 5.69 Å². The van der Waals surface area contributed by atoms with Gasteiger partial charge < -0.3 is 8.98 Å². The van der Waals surface area contributed by atoms with Gasteiger partial charge in [0.25, 0.3) is 0 Å². The monoisotopic (exact) mass is 540 g/mol. The van der Waals surface area contributed by atoms with E-state index in [0.717, 1.165) is 44.2 Å². The zero-order chi connectivity index (χ0) is 27.1. The lowest BCUT2D eigenvalue weighted by Crippen LogP contribution is -1.94. The summed E-state index contributed by atoms with van der Waals surface area (Å²) in [5.41, 5.74) is 7.42. The Bertz CT molecular complexity index is 2500. The molecule has 0 spiro atoms. The SMILES string of the molecule is [C-]#[N+]c1ccc(-c2cccc3c2sc2ccccc23)c2c1oc1c(-n3c4ccccc4c4ccccc43)cccc12. The van der Waals surface area contributed by atoms with E-state index >= 15 is 0 Å². The van der Waals surface area contributed by atoms with Crippen molar-refractivity contribution in [1.29, 1.82) is 0 Å². The minimum Gasteiger partial charge on any atom is -0.465 e. The molecule has 190 valence electrons. The smallest absolute Gasteiger partial charge is 0.229 e. The van der Waals surface area contributed by atoms with Gasteiger partial charge >= 0.3 is 0 Å². The van der Waals surface area contributed by atoms with Gasteiger partial charge in [-0.1, -0.05) is 97.1 Å². The van der Waals surface area contributed by atoms with Crippen LogP contribution < -0.4 is 0 Å². The molecule has 0 aliphatic rings. The quantitative estimate of drug-likeness (QED) is 0.200. The number of para-hydroxylation sites is 3. The number of fused-ring (bicyclic) bond motifs is 9. The molecule has 9 rings (SSSR count). The van der Waals surface area contributed by atoms with Gasteiger partial charge in [-0.3, -0.25) is 0 Å². The average Bonchev–Trinajstić information content (AvgIpc) is 3.71. The first-order chi connectivity index (χ1) is 20.3. The largest absolute Gasteiger partial charge is 0.465 e. The van der Waals surface area contributed by atoms with Crippen molar-refractivity contribution in [2.24, 2.45) is 0 Å². The highest BCUT2D eigenvalue weighted by Gasteiger charge is 2.22. The second-order valence-electron chi connectivity index (χ2n) is 10.4. The van der Waals surface area contributed by atoms with E-state index in [9.17, 15) is 0 Å². The van der Waals surface area contributed by atoms with Crippen LogP contribution in [0.5, 0.6) is 0 Å². The van der Waals surface area contributed by atoms with Crippen LogP contribution >= 0.6 is 11.3 Å². The van der Waals surface area contributed by atoms with E-state index in [1.165, 1.54) is 30.9 Å². The third-order valence-corrected chi connectivity index (χ3v) is 9.46. The Morgan fingerprint density at radius 3 is 2.00 bits per heavy atom. The van der Waals surface area contributed by atoms with Gasteiger partial charge in [0.15, 0.2) is 5.58 Å². The third-order valence-electron chi connectivity index (χ3n) is 8.24. The first kappa shape index (κ1) is 22.4. The second kappa shape index (κ2) is 8.32. The van der Waals surface area contributed by atoms with Crippen LogP contribution in [0.1, 0.15) is 0 Å². The first-order valence-corrected chi connectivity index (χ1v) is 14.4. The Kier molecular flexibility index (Phi) is 4.55. The van der Waals surface area contributed by atoms with Gasteiger partial charge in [-0.2, -0.15) is 0 Å². The molecule has 41 heavy (non-hydrogen) atoms. The average molecular weight is 541 g/mol. The highest BCUT2D eigenvalue weighted by atomic mass is 32.1. The number of thiophene rings is 1. The van der Waals surface area contributed by atoms with Crippen molar-refractivity contribution >= 4 is 80.9 Å². The maximum absolute atomic E-state index is 7.95. The molecule has 0 radical (unpaired) electrons. The van der Waals surface area contributed by atoms with Gasteiger partial charge in [0.1, 0.15) is 5.58 Å². The molecule has 3 heterocycles. The summed E-state index contributed by atoms with van der Waals surface area (Å²) in [6, 6.07) is 42.5. The maximum Gasteiger partial charge on any atom is 0.229 e. The van der Waals surface area contributed by atoms with Crippen LogP contribution in [0.3, 0.4) is 0 Å². The van der Waals surface area contributed by atoms with Crippen molar-refractivity contribution in [2.75, 3.05) is 0 Å². The Hall–Kier alpha value is -5.37. The zero-order valence-electron chi connectivity index (χ0n) is 21.8. The van der Waals surface area contributed by atoms with Crippen molar-refractivity contribution in [3.63, 3.8) is 0 Å². The topological polar surface area (TPSA) is 22.4 Å². The van der Waals surface area contributed by atoms with Crippen molar-refractivity contribution in [2.45, 2.75) is 0 Å². The summed E-state index contributed by atoms with van der Waals surface area (Å²) in [5, 5.41) is 6.93. The van der Waals surface area contributed by atoms with E-state index in [0.29, 0.717) is 11.3 Å². The van der Waals surface area contributed by atoms with E-state index in [-0.39, 0.29) is 0 Å². The molecular weight excluding hydrogens is 520 g/mol. The summed E-state index contributed by atoms with van der Waals surface area (Å²) >= 11 is 1.82. The minimum atomic E-state index is 0.525. The van der Waals surface area contributed by atoms with E-state index in [2.05, 4.69) is 125 Å². The molecule has 0 aliphatic carbocycles. The first-order valence-electron chi connectivity index (χ1n) is 13.6. The third kappa shape index (κ3) is 3.01. The molecule has 0 unspecified atom stereocenters. The highest BCUT2D eigenvalue weighted by Crippen LogP contribution is 2.47. The van der Waals surface area contributed by atoms with E-state index in [1.807, 2.05) is 17.4 Å². The van der Waals surface area contributed by atoms with Crippen LogP contribution in [-0.4, -0.2) is 4.57 Å². The molecular formula is C37H20N2OS. The molecule has 3 nitrogen and oxygen atoms in total. The Labute approximate surface area is 238 Å². The molecule has 4 heteroatoms. The standard InChI is InChI=1S/C37H20N2OS/c1-38-29-21-20-25(27-14-8-13-26-24-12-4-7-19-33(24)41-37(26)27)34-28-15-9-18-32(35(28)40-36(29)34)39-30-16-5-2-10-22(30)23-11-3-6-17-31(23)39/h2-21H. The zero-order valence-corrected chi connectivity index (χ0v) is 22.6. The molecule has 0 saturated heterocycles. The molecule has 0 N–H and O–H groups in total. The molecule has 0 bridgehead atoms. The lowest BCUT2D eigenvalue weighted by atomic mass is 9.97. The minimum absolute atomic E-state index is 0.525. The molecule has 0 atom stereocenters. The molecule has 3 aromatic heterocycles. The van der Waals surface area contributed by atoms with E-state index in [1.54, 1.807) is 0 Å². The van der Waals surface area contributed by atoms with Crippen LogP contribution in [0.2, 0.25) is 0 Å².